The number of rotatable bonds is 8. The molecule has 8 heteroatoms. The van der Waals surface area contributed by atoms with E-state index in [0.29, 0.717) is 13.0 Å². The number of guanidine groups is 1. The SMILES string of the molecule is CCNC(=NCCC(=O)N1CCCC1)NCCn1cnnc1CC. The molecule has 1 amide bonds. The van der Waals surface area contributed by atoms with Crippen molar-refractivity contribution in [2.75, 3.05) is 32.7 Å². The predicted molar refractivity (Wildman–Crippen MR) is 93.8 cm³/mol. The molecule has 0 spiro atoms. The molecule has 0 radical (unpaired) electrons. The molecule has 2 N–H and O–H groups in total. The fourth-order valence-electron chi connectivity index (χ4n) is 2.76. The molecule has 24 heavy (non-hydrogen) atoms. The zero-order valence-corrected chi connectivity index (χ0v) is 14.8. The van der Waals surface area contributed by atoms with Gasteiger partial charge in [-0.05, 0) is 19.8 Å². The first-order chi connectivity index (χ1) is 11.7. The summed E-state index contributed by atoms with van der Waals surface area (Å²) >= 11 is 0. The molecule has 0 aliphatic carbocycles. The molecule has 134 valence electrons. The lowest BCUT2D eigenvalue weighted by molar-refractivity contribution is -0.129. The summed E-state index contributed by atoms with van der Waals surface area (Å²) in [5.74, 6) is 1.94. The van der Waals surface area contributed by atoms with Gasteiger partial charge in [0, 0.05) is 45.6 Å². The Morgan fingerprint density at radius 3 is 2.79 bits per heavy atom. The fraction of sp³-hybridized carbons (Fsp3) is 0.750. The van der Waals surface area contributed by atoms with E-state index in [0.717, 1.165) is 63.8 Å². The van der Waals surface area contributed by atoms with Crippen molar-refractivity contribution in [3.63, 3.8) is 0 Å². The third kappa shape index (κ3) is 5.50. The Balaban J connectivity index is 1.74. The van der Waals surface area contributed by atoms with Gasteiger partial charge in [-0.2, -0.15) is 0 Å². The summed E-state index contributed by atoms with van der Waals surface area (Å²) in [5.41, 5.74) is 0. The van der Waals surface area contributed by atoms with Crippen LogP contribution in [-0.4, -0.2) is 64.3 Å². The maximum atomic E-state index is 12.0. The zero-order valence-electron chi connectivity index (χ0n) is 14.8. The van der Waals surface area contributed by atoms with Gasteiger partial charge in [-0.3, -0.25) is 9.79 Å². The van der Waals surface area contributed by atoms with E-state index in [9.17, 15) is 4.79 Å². The number of nitrogens with one attached hydrogen (secondary N) is 2. The lowest BCUT2D eigenvalue weighted by Gasteiger charge is -2.15. The summed E-state index contributed by atoms with van der Waals surface area (Å²) in [4.78, 5) is 18.5. The largest absolute Gasteiger partial charge is 0.357 e. The maximum absolute atomic E-state index is 12.0. The molecule has 1 aromatic rings. The maximum Gasteiger partial charge on any atom is 0.224 e. The number of hydrogen-bond donors (Lipinski definition) is 2. The van der Waals surface area contributed by atoms with Gasteiger partial charge in [-0.25, -0.2) is 0 Å². The van der Waals surface area contributed by atoms with Gasteiger partial charge in [0.15, 0.2) is 5.96 Å². The highest BCUT2D eigenvalue weighted by molar-refractivity contribution is 5.80. The number of hydrogen-bond acceptors (Lipinski definition) is 4. The van der Waals surface area contributed by atoms with Crippen molar-refractivity contribution in [3.05, 3.63) is 12.2 Å². The molecule has 1 fully saturated rings. The van der Waals surface area contributed by atoms with Gasteiger partial charge in [0.05, 0.1) is 6.54 Å². The molecule has 0 unspecified atom stereocenters. The normalized spacial score (nSPS) is 14.9. The molecule has 0 aromatic carbocycles. The Morgan fingerprint density at radius 2 is 2.08 bits per heavy atom. The molecular weight excluding hydrogens is 306 g/mol. The van der Waals surface area contributed by atoms with Gasteiger partial charge < -0.3 is 20.1 Å². The summed E-state index contributed by atoms with van der Waals surface area (Å²) in [6.07, 6.45) is 5.35. The van der Waals surface area contributed by atoms with Crippen LogP contribution < -0.4 is 10.6 Å². The first-order valence-electron chi connectivity index (χ1n) is 8.91. The first-order valence-corrected chi connectivity index (χ1v) is 8.91. The number of aryl methyl sites for hydroxylation is 1. The van der Waals surface area contributed by atoms with E-state index >= 15 is 0 Å². The fourth-order valence-corrected chi connectivity index (χ4v) is 2.76. The van der Waals surface area contributed by atoms with Crippen LogP contribution in [0.1, 0.15) is 38.9 Å². The minimum Gasteiger partial charge on any atom is -0.357 e. The molecule has 0 atom stereocenters. The quantitative estimate of drug-likeness (QED) is 0.531. The van der Waals surface area contributed by atoms with Crippen LogP contribution in [0.15, 0.2) is 11.3 Å². The van der Waals surface area contributed by atoms with Crippen molar-refractivity contribution < 1.29 is 4.79 Å². The molecule has 1 aliphatic rings. The molecule has 0 bridgehead atoms. The topological polar surface area (TPSA) is 87.4 Å². The minimum absolute atomic E-state index is 0.212. The van der Waals surface area contributed by atoms with E-state index in [4.69, 9.17) is 0 Å². The van der Waals surface area contributed by atoms with Gasteiger partial charge in [0.1, 0.15) is 12.2 Å². The first kappa shape index (κ1) is 18.2. The van der Waals surface area contributed by atoms with Crippen molar-refractivity contribution >= 4 is 11.9 Å². The molecule has 1 saturated heterocycles. The van der Waals surface area contributed by atoms with Gasteiger partial charge in [-0.15, -0.1) is 10.2 Å². The number of nitrogens with zero attached hydrogens (tertiary/aromatic N) is 5. The van der Waals surface area contributed by atoms with Crippen LogP contribution in [0.5, 0.6) is 0 Å². The average Bonchev–Trinajstić information content (AvgIpc) is 3.26. The lowest BCUT2D eigenvalue weighted by atomic mass is 10.4. The van der Waals surface area contributed by atoms with Crippen molar-refractivity contribution in [2.24, 2.45) is 4.99 Å². The molecular formula is C16H29N7O. The van der Waals surface area contributed by atoms with Gasteiger partial charge >= 0.3 is 0 Å². The number of amides is 1. The second-order valence-electron chi connectivity index (χ2n) is 5.82. The van der Waals surface area contributed by atoms with Gasteiger partial charge in [-0.1, -0.05) is 6.92 Å². The summed E-state index contributed by atoms with van der Waals surface area (Å²) in [6, 6.07) is 0. The second-order valence-corrected chi connectivity index (χ2v) is 5.82. The monoisotopic (exact) mass is 335 g/mol. The minimum atomic E-state index is 0.212. The number of aromatic nitrogens is 3. The van der Waals surface area contributed by atoms with Crippen LogP contribution in [0.4, 0.5) is 0 Å². The van der Waals surface area contributed by atoms with E-state index < -0.39 is 0 Å². The Labute approximate surface area is 143 Å². The number of carbonyl (C=O) groups excluding carboxylic acids is 1. The highest BCUT2D eigenvalue weighted by Gasteiger charge is 2.16. The third-order valence-corrected chi connectivity index (χ3v) is 4.06. The number of aliphatic imine (C=N–C) groups is 1. The Morgan fingerprint density at radius 1 is 1.29 bits per heavy atom. The molecule has 2 rings (SSSR count). The highest BCUT2D eigenvalue weighted by Crippen LogP contribution is 2.08. The zero-order chi connectivity index (χ0) is 17.2. The van der Waals surface area contributed by atoms with Crippen LogP contribution in [0.3, 0.4) is 0 Å². The standard InChI is InChI=1S/C16H29N7O/c1-3-14-21-20-13-23(14)12-9-19-16(17-4-2)18-8-7-15(24)22-10-5-6-11-22/h13H,3-12H2,1-2H3,(H2,17,18,19). The van der Waals surface area contributed by atoms with E-state index in [1.807, 2.05) is 16.4 Å². The summed E-state index contributed by atoms with van der Waals surface area (Å²) in [7, 11) is 0. The van der Waals surface area contributed by atoms with Crippen molar-refractivity contribution in [1.29, 1.82) is 0 Å². The van der Waals surface area contributed by atoms with E-state index in [-0.39, 0.29) is 5.91 Å². The predicted octanol–water partition coefficient (Wildman–Crippen LogP) is 0.408. The number of carbonyl (C=O) groups is 1. The van der Waals surface area contributed by atoms with E-state index in [1.54, 1.807) is 6.33 Å². The van der Waals surface area contributed by atoms with Crippen molar-refractivity contribution in [2.45, 2.75) is 46.1 Å². The van der Waals surface area contributed by atoms with Crippen molar-refractivity contribution in [3.8, 4) is 0 Å². The lowest BCUT2D eigenvalue weighted by Crippen LogP contribution is -2.39. The highest BCUT2D eigenvalue weighted by atomic mass is 16.2. The van der Waals surface area contributed by atoms with Crippen molar-refractivity contribution in [1.82, 2.24) is 30.3 Å². The average molecular weight is 335 g/mol. The van der Waals surface area contributed by atoms with Gasteiger partial charge in [0.2, 0.25) is 5.91 Å². The molecule has 1 aromatic heterocycles. The van der Waals surface area contributed by atoms with E-state index in [1.165, 1.54) is 0 Å². The Bertz CT molecular complexity index is 534. The van der Waals surface area contributed by atoms with Crippen LogP contribution in [0.25, 0.3) is 0 Å². The van der Waals surface area contributed by atoms with Crippen LogP contribution >= 0.6 is 0 Å². The van der Waals surface area contributed by atoms with Crippen LogP contribution in [0.2, 0.25) is 0 Å². The smallest absolute Gasteiger partial charge is 0.224 e. The molecule has 2 heterocycles. The van der Waals surface area contributed by atoms with Gasteiger partial charge in [0.25, 0.3) is 0 Å². The molecule has 1 aliphatic heterocycles. The Kier molecular flexibility index (Phi) is 7.51. The third-order valence-electron chi connectivity index (χ3n) is 4.06. The summed E-state index contributed by atoms with van der Waals surface area (Å²) in [5, 5.41) is 14.5. The Hall–Kier alpha value is -2.12. The van der Waals surface area contributed by atoms with Crippen LogP contribution in [-0.2, 0) is 17.8 Å². The summed E-state index contributed by atoms with van der Waals surface area (Å²) in [6.45, 7) is 8.72. The number of likely N-dealkylation sites (tertiary alicyclic amines) is 1. The molecule has 8 nitrogen and oxygen atoms in total. The van der Waals surface area contributed by atoms with Crippen LogP contribution in [0, 0.1) is 0 Å². The molecule has 0 saturated carbocycles. The van der Waals surface area contributed by atoms with E-state index in [2.05, 4.69) is 32.7 Å². The second kappa shape index (κ2) is 9.89. The summed E-state index contributed by atoms with van der Waals surface area (Å²) < 4.78 is 2.04.